The Kier molecular flexibility index (Phi) is 9.29. The summed E-state index contributed by atoms with van der Waals surface area (Å²) in [4.78, 5) is 22.8. The maximum Gasteiger partial charge on any atom is 0.426 e. The van der Waals surface area contributed by atoms with Crippen LogP contribution in [0.25, 0.3) is 0 Å². The van der Waals surface area contributed by atoms with Crippen LogP contribution in [0.5, 0.6) is 0 Å². The molecule has 0 saturated heterocycles. The Bertz CT molecular complexity index is 1100. The molecule has 0 aliphatic heterocycles. The minimum absolute atomic E-state index is 0.380. The topological polar surface area (TPSA) is 153 Å². The summed E-state index contributed by atoms with van der Waals surface area (Å²) in [6, 6.07) is 1.78. The quantitative estimate of drug-likeness (QED) is 0.222. The van der Waals surface area contributed by atoms with Crippen molar-refractivity contribution in [3.63, 3.8) is 0 Å². The molecule has 1 atom stereocenters. The molecule has 212 valence electrons. The summed E-state index contributed by atoms with van der Waals surface area (Å²) < 4.78 is 146. The summed E-state index contributed by atoms with van der Waals surface area (Å²) in [5.41, 5.74) is -9.77. The third-order valence-corrected chi connectivity index (χ3v) is 5.70. The summed E-state index contributed by atoms with van der Waals surface area (Å²) in [5.74, 6) is -2.80. The highest BCUT2D eigenvalue weighted by Crippen LogP contribution is 2.45. The van der Waals surface area contributed by atoms with Crippen LogP contribution in [0.4, 0.5) is 50.9 Å². The lowest BCUT2D eigenvalue weighted by Gasteiger charge is -2.32. The molecule has 0 saturated carbocycles. The molecule has 1 aromatic carbocycles. The number of carbonyl (C=O) groups excluding carboxylic acids is 2. The van der Waals surface area contributed by atoms with Crippen LogP contribution in [-0.4, -0.2) is 64.7 Å². The summed E-state index contributed by atoms with van der Waals surface area (Å²) in [6.07, 6.45) is -23.4. The Balaban J connectivity index is 3.10. The van der Waals surface area contributed by atoms with E-state index in [1.54, 1.807) is 5.32 Å². The monoisotopic (exact) mass is 578 g/mol. The van der Waals surface area contributed by atoms with E-state index < -0.39 is 93.6 Å². The Morgan fingerprint density at radius 1 is 0.757 bits per heavy atom. The number of hydrogen-bond acceptors (Lipinski definition) is 6. The summed E-state index contributed by atoms with van der Waals surface area (Å²) >= 11 is 0. The minimum Gasteiger partial charge on any atom is -0.381 e. The van der Waals surface area contributed by atoms with Gasteiger partial charge in [-0.1, -0.05) is 0 Å². The lowest BCUT2D eigenvalue weighted by atomic mass is 9.96. The number of nitrogens with one attached hydrogen (secondary N) is 2. The van der Waals surface area contributed by atoms with E-state index in [-0.39, 0.29) is 0 Å². The maximum atomic E-state index is 12.7. The molecular weight excluding hydrogens is 559 g/mol. The van der Waals surface area contributed by atoms with Crippen molar-refractivity contribution in [1.29, 1.82) is 0 Å². The van der Waals surface area contributed by atoms with E-state index in [1.807, 2.05) is 5.32 Å². The first kappa shape index (κ1) is 32.4. The number of hydrogen-bond donors (Lipinski definition) is 5. The van der Waals surface area contributed by atoms with Crippen molar-refractivity contribution in [3.05, 3.63) is 18.2 Å². The highest BCUT2D eigenvalue weighted by Gasteiger charge is 2.69. The molecule has 0 spiro atoms. The zero-order valence-electron chi connectivity index (χ0n) is 18.3. The van der Waals surface area contributed by atoms with Crippen molar-refractivity contribution in [1.82, 2.24) is 0 Å². The zero-order chi connectivity index (χ0) is 29.3. The third kappa shape index (κ3) is 8.44. The lowest BCUT2D eigenvalue weighted by Crippen LogP contribution is -2.57. The number of alkyl halides is 9. The van der Waals surface area contributed by atoms with Gasteiger partial charge < -0.3 is 20.8 Å². The van der Waals surface area contributed by atoms with Crippen LogP contribution < -0.4 is 10.6 Å². The van der Waals surface area contributed by atoms with Gasteiger partial charge in [0.15, 0.2) is 5.60 Å². The first-order valence-corrected chi connectivity index (χ1v) is 11.1. The Labute approximate surface area is 202 Å². The van der Waals surface area contributed by atoms with Crippen LogP contribution >= 0.6 is 0 Å². The summed E-state index contributed by atoms with van der Waals surface area (Å²) in [6.45, 7) is 0.380. The molecule has 0 fully saturated rings. The summed E-state index contributed by atoms with van der Waals surface area (Å²) in [7, 11) is -5.08. The number of rotatable bonds is 9. The van der Waals surface area contributed by atoms with E-state index in [2.05, 4.69) is 0 Å². The van der Waals surface area contributed by atoms with Crippen LogP contribution in [0, 0.1) is 0 Å². The second-order valence-corrected chi connectivity index (χ2v) is 9.37. The largest absolute Gasteiger partial charge is 0.426 e. The van der Waals surface area contributed by atoms with Gasteiger partial charge in [-0.3, -0.25) is 14.1 Å². The molecule has 0 aromatic heterocycles. The average Bonchev–Trinajstić information content (AvgIpc) is 2.67. The first-order chi connectivity index (χ1) is 16.3. The molecular formula is C18H19F9N2O7S. The van der Waals surface area contributed by atoms with Crippen molar-refractivity contribution in [2.24, 2.45) is 0 Å². The van der Waals surface area contributed by atoms with Gasteiger partial charge in [-0.25, -0.2) is 0 Å². The molecule has 9 nitrogen and oxygen atoms in total. The van der Waals surface area contributed by atoms with Crippen molar-refractivity contribution in [3.8, 4) is 0 Å². The van der Waals surface area contributed by atoms with Crippen molar-refractivity contribution < 1.29 is 72.3 Å². The molecule has 0 bridgehead atoms. The second kappa shape index (κ2) is 10.6. The summed E-state index contributed by atoms with van der Waals surface area (Å²) in [5, 5.41) is 22.0. The van der Waals surface area contributed by atoms with Gasteiger partial charge in [0.05, 0.1) is 4.90 Å². The van der Waals surface area contributed by atoms with Crippen molar-refractivity contribution in [2.45, 2.75) is 67.2 Å². The zero-order valence-corrected chi connectivity index (χ0v) is 19.2. The molecule has 0 heterocycles. The van der Waals surface area contributed by atoms with Crippen molar-refractivity contribution in [2.75, 3.05) is 10.6 Å². The first-order valence-electron chi connectivity index (χ1n) is 9.67. The van der Waals surface area contributed by atoms with Gasteiger partial charge in [0.1, 0.15) is 0 Å². The minimum atomic E-state index is -6.20. The molecule has 19 heteroatoms. The Morgan fingerprint density at radius 3 is 1.46 bits per heavy atom. The van der Waals surface area contributed by atoms with Gasteiger partial charge in [0.25, 0.3) is 15.7 Å². The predicted molar refractivity (Wildman–Crippen MR) is 106 cm³/mol. The molecule has 0 radical (unpaired) electrons. The van der Waals surface area contributed by atoms with Gasteiger partial charge in [-0.2, -0.15) is 47.9 Å². The number of amides is 2. The Morgan fingerprint density at radius 2 is 1.14 bits per heavy atom. The molecule has 2 amide bonds. The molecule has 0 aliphatic carbocycles. The second-order valence-electron chi connectivity index (χ2n) is 7.94. The normalized spacial score (nSPS) is 15.2. The van der Waals surface area contributed by atoms with Crippen molar-refractivity contribution >= 4 is 33.3 Å². The van der Waals surface area contributed by atoms with E-state index >= 15 is 0 Å². The molecule has 37 heavy (non-hydrogen) atoms. The molecule has 5 N–H and O–H groups in total. The standard InChI is InChI=1S/C18H19F9N2O7S/c1-14(32,16(19,20)21)4-2-12(30)28-9-6-10(8-11(7-9)37(34,35)36)29-13(31)3-5-15(33,17(22,23)24)18(25,26)27/h6-8,32-33H,2-5H2,1H3,(H,28,30)(H,29,31)(H,34,35,36). The molecule has 1 aromatic rings. The predicted octanol–water partition coefficient (Wildman–Crippen LogP) is 3.54. The van der Waals surface area contributed by atoms with Crippen LogP contribution in [0.3, 0.4) is 0 Å². The van der Waals surface area contributed by atoms with E-state index in [0.717, 1.165) is 0 Å². The highest BCUT2D eigenvalue weighted by atomic mass is 32.2. The highest BCUT2D eigenvalue weighted by molar-refractivity contribution is 7.85. The van der Waals surface area contributed by atoms with Crippen LogP contribution in [0.2, 0.25) is 0 Å². The third-order valence-electron chi connectivity index (χ3n) is 4.87. The van der Waals surface area contributed by atoms with Crippen LogP contribution in [0.15, 0.2) is 23.1 Å². The van der Waals surface area contributed by atoms with E-state index in [0.29, 0.717) is 25.1 Å². The number of carbonyl (C=O) groups is 2. The lowest BCUT2D eigenvalue weighted by molar-refractivity contribution is -0.369. The number of benzene rings is 1. The van der Waals surface area contributed by atoms with E-state index in [9.17, 15) is 67.2 Å². The molecule has 0 aliphatic rings. The van der Waals surface area contributed by atoms with Gasteiger partial charge in [-0.15, -0.1) is 0 Å². The van der Waals surface area contributed by atoms with Gasteiger partial charge in [-0.05, 0) is 31.5 Å². The Hall–Kier alpha value is -2.64. The fourth-order valence-corrected chi connectivity index (χ4v) is 3.13. The SMILES string of the molecule is CC(O)(CCC(=O)Nc1cc(NC(=O)CCC(O)(C(F)(F)F)C(F)(F)F)cc(S(=O)(=O)O)c1)C(F)(F)F. The number of anilines is 2. The number of halogens is 9. The smallest absolute Gasteiger partial charge is 0.381 e. The van der Waals surface area contributed by atoms with Gasteiger partial charge >= 0.3 is 18.5 Å². The fourth-order valence-electron chi connectivity index (χ4n) is 2.58. The molecule has 1 unspecified atom stereocenters. The van der Waals surface area contributed by atoms with E-state index in [4.69, 9.17) is 5.11 Å². The van der Waals surface area contributed by atoms with Gasteiger partial charge in [0.2, 0.25) is 11.8 Å². The number of aliphatic hydroxyl groups is 2. The van der Waals surface area contributed by atoms with Crippen LogP contribution in [0.1, 0.15) is 32.6 Å². The van der Waals surface area contributed by atoms with E-state index in [1.165, 1.54) is 0 Å². The van der Waals surface area contributed by atoms with Gasteiger partial charge in [0, 0.05) is 30.6 Å². The maximum absolute atomic E-state index is 12.7. The van der Waals surface area contributed by atoms with Crippen LogP contribution in [-0.2, 0) is 19.7 Å². The average molecular weight is 578 g/mol. The fraction of sp³-hybridized carbons (Fsp3) is 0.556. The molecule has 1 rings (SSSR count).